The van der Waals surface area contributed by atoms with Crippen molar-refractivity contribution in [3.8, 4) is 5.75 Å². The zero-order valence-corrected chi connectivity index (χ0v) is 14.5. The first-order chi connectivity index (χ1) is 9.45. The van der Waals surface area contributed by atoms with Gasteiger partial charge in [0.15, 0.2) is 0 Å². The van der Waals surface area contributed by atoms with Gasteiger partial charge in [-0.3, -0.25) is 0 Å². The van der Waals surface area contributed by atoms with Crippen LogP contribution in [-0.2, 0) is 0 Å². The summed E-state index contributed by atoms with van der Waals surface area (Å²) in [6.45, 7) is 6.17. The first-order valence-corrected chi connectivity index (χ1v) is 7.73. The Bertz CT molecular complexity index is 637. The van der Waals surface area contributed by atoms with Gasteiger partial charge in [0.1, 0.15) is 5.75 Å². The Morgan fingerprint density at radius 3 is 2.45 bits per heavy atom. The third kappa shape index (κ3) is 2.87. The quantitative estimate of drug-likeness (QED) is 0.642. The molecular weight excluding hydrogens is 336 g/mol. The lowest BCUT2D eigenvalue weighted by molar-refractivity contribution is 0.406. The Morgan fingerprint density at radius 2 is 1.85 bits per heavy atom. The molecule has 0 aromatic heterocycles. The van der Waals surface area contributed by atoms with Crippen molar-refractivity contribution in [2.75, 3.05) is 7.11 Å². The molecular formula is C17H18BrClO. The maximum Gasteiger partial charge on any atom is 0.127 e. The second-order valence-corrected chi connectivity index (χ2v) is 6.31. The van der Waals surface area contributed by atoms with Crippen molar-refractivity contribution in [1.29, 1.82) is 0 Å². The van der Waals surface area contributed by atoms with E-state index in [0.717, 1.165) is 32.5 Å². The SMILES string of the molecule is COc1c(C)cc(Br)c(C)c1C(Cl)c1cccc(C)c1. The average Bonchev–Trinajstić information content (AvgIpc) is 2.41. The van der Waals surface area contributed by atoms with Gasteiger partial charge in [0.05, 0.1) is 12.5 Å². The van der Waals surface area contributed by atoms with Gasteiger partial charge in [-0.2, -0.15) is 0 Å². The number of halogens is 2. The van der Waals surface area contributed by atoms with Crippen molar-refractivity contribution in [3.05, 3.63) is 62.6 Å². The lowest BCUT2D eigenvalue weighted by Crippen LogP contribution is -2.03. The van der Waals surface area contributed by atoms with Crippen LogP contribution in [0.4, 0.5) is 0 Å². The molecule has 2 aromatic carbocycles. The predicted molar refractivity (Wildman–Crippen MR) is 89.0 cm³/mol. The van der Waals surface area contributed by atoms with Crippen LogP contribution in [0.2, 0.25) is 0 Å². The molecule has 0 heterocycles. The summed E-state index contributed by atoms with van der Waals surface area (Å²) in [5, 5.41) is -0.221. The number of hydrogen-bond donors (Lipinski definition) is 0. The summed E-state index contributed by atoms with van der Waals surface area (Å²) in [6, 6.07) is 10.3. The second kappa shape index (κ2) is 6.19. The fraction of sp³-hybridized carbons (Fsp3) is 0.294. The predicted octanol–water partition coefficient (Wildman–Crippen LogP) is 5.71. The topological polar surface area (TPSA) is 9.23 Å². The average molecular weight is 354 g/mol. The number of methoxy groups -OCH3 is 1. The Labute approximate surface area is 134 Å². The summed E-state index contributed by atoms with van der Waals surface area (Å²) >= 11 is 10.3. The highest BCUT2D eigenvalue weighted by atomic mass is 79.9. The minimum Gasteiger partial charge on any atom is -0.496 e. The molecule has 0 N–H and O–H groups in total. The van der Waals surface area contributed by atoms with E-state index in [4.69, 9.17) is 16.3 Å². The summed E-state index contributed by atoms with van der Waals surface area (Å²) in [6.07, 6.45) is 0. The summed E-state index contributed by atoms with van der Waals surface area (Å²) in [7, 11) is 1.69. The van der Waals surface area contributed by atoms with E-state index >= 15 is 0 Å². The molecule has 3 heteroatoms. The van der Waals surface area contributed by atoms with Crippen LogP contribution in [0, 0.1) is 20.8 Å². The van der Waals surface area contributed by atoms with Crippen molar-refractivity contribution >= 4 is 27.5 Å². The van der Waals surface area contributed by atoms with E-state index in [0.29, 0.717) is 0 Å². The minimum absolute atomic E-state index is 0.221. The summed E-state index contributed by atoms with van der Waals surface area (Å²) in [5.74, 6) is 0.868. The van der Waals surface area contributed by atoms with Crippen LogP contribution in [0.25, 0.3) is 0 Å². The van der Waals surface area contributed by atoms with Gasteiger partial charge in [-0.15, -0.1) is 11.6 Å². The Kier molecular flexibility index (Phi) is 4.77. The number of hydrogen-bond acceptors (Lipinski definition) is 1. The zero-order valence-electron chi connectivity index (χ0n) is 12.1. The van der Waals surface area contributed by atoms with Crippen LogP contribution in [0.3, 0.4) is 0 Å². The lowest BCUT2D eigenvalue weighted by atomic mass is 9.96. The zero-order chi connectivity index (χ0) is 14.9. The molecule has 1 atom stereocenters. The fourth-order valence-electron chi connectivity index (χ4n) is 2.45. The molecule has 0 saturated heterocycles. The maximum atomic E-state index is 6.74. The van der Waals surface area contributed by atoms with E-state index in [-0.39, 0.29) is 5.38 Å². The van der Waals surface area contributed by atoms with Gasteiger partial charge in [0.2, 0.25) is 0 Å². The third-order valence-corrected chi connectivity index (χ3v) is 4.79. The molecule has 0 aliphatic rings. The standard InChI is InChI=1S/C17H18BrClO/c1-10-6-5-7-13(8-10)16(19)15-12(3)14(18)9-11(2)17(15)20-4/h5-9,16H,1-4H3. The molecule has 0 fully saturated rings. The van der Waals surface area contributed by atoms with E-state index in [9.17, 15) is 0 Å². The molecule has 0 spiro atoms. The van der Waals surface area contributed by atoms with Crippen LogP contribution >= 0.6 is 27.5 Å². The molecule has 106 valence electrons. The van der Waals surface area contributed by atoms with Gasteiger partial charge >= 0.3 is 0 Å². The molecule has 2 rings (SSSR count). The Balaban J connectivity index is 2.62. The Morgan fingerprint density at radius 1 is 1.15 bits per heavy atom. The van der Waals surface area contributed by atoms with E-state index in [2.05, 4.69) is 54.0 Å². The van der Waals surface area contributed by atoms with Crippen LogP contribution < -0.4 is 4.74 Å². The van der Waals surface area contributed by atoms with Crippen molar-refractivity contribution in [2.24, 2.45) is 0 Å². The molecule has 0 amide bonds. The molecule has 1 unspecified atom stereocenters. The molecule has 0 radical (unpaired) electrons. The summed E-state index contributed by atoms with van der Waals surface area (Å²) in [4.78, 5) is 0. The van der Waals surface area contributed by atoms with Crippen LogP contribution in [0.1, 0.15) is 33.2 Å². The Hall–Kier alpha value is -0.990. The highest BCUT2D eigenvalue weighted by molar-refractivity contribution is 9.10. The highest BCUT2D eigenvalue weighted by Crippen LogP contribution is 2.42. The number of aryl methyl sites for hydroxylation is 2. The molecule has 1 nitrogen and oxygen atoms in total. The summed E-state index contributed by atoms with van der Waals surface area (Å²) in [5.41, 5.74) is 5.53. The van der Waals surface area contributed by atoms with Gasteiger partial charge in [-0.1, -0.05) is 45.8 Å². The third-order valence-electron chi connectivity index (χ3n) is 3.50. The fourth-order valence-corrected chi connectivity index (χ4v) is 3.40. The van der Waals surface area contributed by atoms with Crippen LogP contribution in [-0.4, -0.2) is 7.11 Å². The van der Waals surface area contributed by atoms with E-state index in [1.54, 1.807) is 7.11 Å². The largest absolute Gasteiger partial charge is 0.496 e. The molecule has 2 aromatic rings. The minimum atomic E-state index is -0.221. The van der Waals surface area contributed by atoms with Gasteiger partial charge in [-0.25, -0.2) is 0 Å². The van der Waals surface area contributed by atoms with Crippen LogP contribution in [0.5, 0.6) is 5.75 Å². The molecule has 0 aliphatic carbocycles. The van der Waals surface area contributed by atoms with Crippen molar-refractivity contribution < 1.29 is 4.74 Å². The van der Waals surface area contributed by atoms with Crippen LogP contribution in [0.15, 0.2) is 34.8 Å². The maximum absolute atomic E-state index is 6.74. The smallest absolute Gasteiger partial charge is 0.127 e. The molecule has 0 saturated carbocycles. The van der Waals surface area contributed by atoms with Crippen molar-refractivity contribution in [1.82, 2.24) is 0 Å². The molecule has 20 heavy (non-hydrogen) atoms. The number of benzene rings is 2. The van der Waals surface area contributed by atoms with E-state index < -0.39 is 0 Å². The van der Waals surface area contributed by atoms with Crippen molar-refractivity contribution in [2.45, 2.75) is 26.1 Å². The first kappa shape index (κ1) is 15.4. The number of ether oxygens (including phenoxy) is 1. The summed E-state index contributed by atoms with van der Waals surface area (Å²) < 4.78 is 6.64. The number of alkyl halides is 1. The molecule has 0 bridgehead atoms. The van der Waals surface area contributed by atoms with Gasteiger partial charge in [0, 0.05) is 10.0 Å². The monoisotopic (exact) mass is 352 g/mol. The molecule has 0 aliphatic heterocycles. The first-order valence-electron chi connectivity index (χ1n) is 6.50. The highest BCUT2D eigenvalue weighted by Gasteiger charge is 2.21. The van der Waals surface area contributed by atoms with E-state index in [1.165, 1.54) is 5.56 Å². The lowest BCUT2D eigenvalue weighted by Gasteiger charge is -2.20. The normalized spacial score (nSPS) is 12.3. The van der Waals surface area contributed by atoms with Gasteiger partial charge in [-0.05, 0) is 43.5 Å². The second-order valence-electron chi connectivity index (χ2n) is 5.02. The van der Waals surface area contributed by atoms with E-state index in [1.807, 2.05) is 13.0 Å². The van der Waals surface area contributed by atoms with Crippen molar-refractivity contribution in [3.63, 3.8) is 0 Å². The van der Waals surface area contributed by atoms with Gasteiger partial charge in [0.25, 0.3) is 0 Å². The van der Waals surface area contributed by atoms with Gasteiger partial charge < -0.3 is 4.74 Å². The number of rotatable bonds is 3.